The molecule has 1 aromatic heterocycles. The van der Waals surface area contributed by atoms with E-state index >= 15 is 0 Å². The summed E-state index contributed by atoms with van der Waals surface area (Å²) in [4.78, 5) is 31.7. The van der Waals surface area contributed by atoms with E-state index in [-0.39, 0.29) is 6.42 Å². The number of carboxylic acid groups (broad SMARTS) is 1. The molecule has 0 unspecified atom stereocenters. The van der Waals surface area contributed by atoms with E-state index in [4.69, 9.17) is 0 Å². The highest BCUT2D eigenvalue weighted by Crippen LogP contribution is 2.16. The number of aromatic nitrogens is 2. The topological polar surface area (TPSA) is 95.1 Å². The lowest BCUT2D eigenvalue weighted by molar-refractivity contribution is -0.139. The maximum absolute atomic E-state index is 12.6. The van der Waals surface area contributed by atoms with Gasteiger partial charge in [-0.15, -0.1) is 0 Å². The summed E-state index contributed by atoms with van der Waals surface area (Å²) in [6.45, 7) is 0. The number of H-pyrrole nitrogens is 1. The summed E-state index contributed by atoms with van der Waals surface area (Å²) in [6.07, 6.45) is 0.0728. The maximum Gasteiger partial charge on any atom is 0.326 e. The van der Waals surface area contributed by atoms with Crippen molar-refractivity contribution in [1.82, 2.24) is 15.3 Å². The Morgan fingerprint density at radius 3 is 2.52 bits per heavy atom. The third kappa shape index (κ3) is 3.50. The van der Waals surface area contributed by atoms with Gasteiger partial charge in [0, 0.05) is 12.0 Å². The molecule has 0 fully saturated rings. The minimum Gasteiger partial charge on any atom is -0.480 e. The van der Waals surface area contributed by atoms with Crippen molar-refractivity contribution in [1.29, 1.82) is 0 Å². The van der Waals surface area contributed by atoms with Crippen LogP contribution in [-0.4, -0.2) is 33.0 Å². The predicted octanol–water partition coefficient (Wildman–Crippen LogP) is 3.14. The Hall–Kier alpha value is -3.67. The number of aromatic amines is 1. The molecule has 1 heterocycles. The van der Waals surface area contributed by atoms with Gasteiger partial charge in [0.15, 0.2) is 0 Å². The van der Waals surface area contributed by atoms with Crippen LogP contribution >= 0.6 is 0 Å². The van der Waals surface area contributed by atoms with E-state index in [1.54, 1.807) is 12.1 Å². The average Bonchev–Trinajstić information content (AvgIpc) is 3.09. The van der Waals surface area contributed by atoms with Gasteiger partial charge in [-0.1, -0.05) is 42.5 Å². The molecule has 0 spiro atoms. The first-order valence-corrected chi connectivity index (χ1v) is 8.56. The Labute approximate surface area is 154 Å². The number of rotatable bonds is 5. The molecule has 0 aliphatic heterocycles. The summed E-state index contributed by atoms with van der Waals surface area (Å²) in [6, 6.07) is 19.4. The van der Waals surface area contributed by atoms with Crippen LogP contribution in [0.1, 0.15) is 16.2 Å². The Bertz CT molecular complexity index is 1120. The van der Waals surface area contributed by atoms with E-state index in [0.717, 1.165) is 21.8 Å². The first-order valence-electron chi connectivity index (χ1n) is 8.56. The molecule has 3 N–H and O–H groups in total. The fraction of sp³-hybridized carbons (Fsp3) is 0.0952. The van der Waals surface area contributed by atoms with Crippen LogP contribution in [0, 0.1) is 0 Å². The fourth-order valence-corrected chi connectivity index (χ4v) is 3.07. The number of nitrogens with zero attached hydrogens (tertiary/aromatic N) is 1. The van der Waals surface area contributed by atoms with E-state index in [2.05, 4.69) is 15.3 Å². The first-order chi connectivity index (χ1) is 13.1. The second-order valence-electron chi connectivity index (χ2n) is 6.33. The van der Waals surface area contributed by atoms with Gasteiger partial charge in [-0.3, -0.25) is 4.79 Å². The Morgan fingerprint density at radius 1 is 1.00 bits per heavy atom. The van der Waals surface area contributed by atoms with Crippen molar-refractivity contribution in [2.45, 2.75) is 12.5 Å². The number of carbonyl (C=O) groups excluding carboxylic acids is 1. The van der Waals surface area contributed by atoms with Crippen LogP contribution in [0.4, 0.5) is 0 Å². The maximum atomic E-state index is 12.6. The highest BCUT2D eigenvalue weighted by atomic mass is 16.4. The van der Waals surface area contributed by atoms with E-state index in [1.165, 1.54) is 0 Å². The number of carbonyl (C=O) groups is 2. The van der Waals surface area contributed by atoms with Crippen LogP contribution in [0.5, 0.6) is 0 Å². The number of aliphatic carboxylic acids is 1. The molecular formula is C21H17N3O3. The number of carboxylic acids is 1. The Morgan fingerprint density at radius 2 is 1.74 bits per heavy atom. The van der Waals surface area contributed by atoms with Gasteiger partial charge < -0.3 is 15.4 Å². The van der Waals surface area contributed by atoms with Crippen molar-refractivity contribution in [3.8, 4) is 0 Å². The Balaban J connectivity index is 1.54. The van der Waals surface area contributed by atoms with Gasteiger partial charge >= 0.3 is 5.97 Å². The standard InChI is InChI=1S/C21H17N3O3/c25-20(15-10-9-13-5-1-2-6-14(13)11-15)24-18(21(26)27)12-19-22-16-7-3-4-8-17(16)23-19/h1-11,18H,12H2,(H,22,23)(H,24,25)(H,26,27)/t18-/m1/s1. The monoisotopic (exact) mass is 359 g/mol. The minimum atomic E-state index is -1.11. The molecule has 6 nitrogen and oxygen atoms in total. The molecule has 0 saturated carbocycles. The lowest BCUT2D eigenvalue weighted by atomic mass is 10.1. The van der Waals surface area contributed by atoms with Crippen LogP contribution in [0.2, 0.25) is 0 Å². The summed E-state index contributed by atoms with van der Waals surface area (Å²) < 4.78 is 0. The molecule has 134 valence electrons. The molecule has 27 heavy (non-hydrogen) atoms. The molecule has 4 aromatic rings. The molecule has 3 aromatic carbocycles. The third-order valence-corrected chi connectivity index (χ3v) is 4.45. The van der Waals surface area contributed by atoms with Gasteiger partial charge in [0.25, 0.3) is 5.91 Å². The van der Waals surface area contributed by atoms with Gasteiger partial charge in [0.1, 0.15) is 11.9 Å². The normalized spacial score (nSPS) is 12.1. The SMILES string of the molecule is O=C(N[C@H](Cc1nc2ccccc2[nH]1)C(=O)O)c1ccc2ccccc2c1. The van der Waals surface area contributed by atoms with Gasteiger partial charge in [0.05, 0.1) is 11.0 Å². The molecule has 1 atom stereocenters. The molecule has 0 aliphatic carbocycles. The number of hydrogen-bond acceptors (Lipinski definition) is 3. The molecule has 0 aliphatic rings. The average molecular weight is 359 g/mol. The highest BCUT2D eigenvalue weighted by Gasteiger charge is 2.22. The lowest BCUT2D eigenvalue weighted by Crippen LogP contribution is -2.42. The van der Waals surface area contributed by atoms with Crippen molar-refractivity contribution in [3.63, 3.8) is 0 Å². The first kappa shape index (κ1) is 16.8. The van der Waals surface area contributed by atoms with E-state index in [0.29, 0.717) is 11.4 Å². The van der Waals surface area contributed by atoms with E-state index in [9.17, 15) is 14.7 Å². The molecular weight excluding hydrogens is 342 g/mol. The second-order valence-corrected chi connectivity index (χ2v) is 6.33. The summed E-state index contributed by atoms with van der Waals surface area (Å²) in [5, 5.41) is 14.1. The van der Waals surface area contributed by atoms with Crippen molar-refractivity contribution < 1.29 is 14.7 Å². The summed E-state index contributed by atoms with van der Waals surface area (Å²) in [5.74, 6) is -1.02. The van der Waals surface area contributed by atoms with Gasteiger partial charge in [-0.2, -0.15) is 0 Å². The van der Waals surface area contributed by atoms with Gasteiger partial charge in [-0.25, -0.2) is 9.78 Å². The molecule has 4 rings (SSSR count). The zero-order chi connectivity index (χ0) is 18.8. The number of hydrogen-bond donors (Lipinski definition) is 3. The highest BCUT2D eigenvalue weighted by molar-refractivity contribution is 6.00. The van der Waals surface area contributed by atoms with Crippen molar-refractivity contribution >= 4 is 33.7 Å². The number of fused-ring (bicyclic) bond motifs is 2. The van der Waals surface area contributed by atoms with Crippen LogP contribution in [0.3, 0.4) is 0 Å². The quantitative estimate of drug-likeness (QED) is 0.510. The summed E-state index contributed by atoms with van der Waals surface area (Å²) in [5.41, 5.74) is 2.01. The fourth-order valence-electron chi connectivity index (χ4n) is 3.07. The smallest absolute Gasteiger partial charge is 0.326 e. The van der Waals surface area contributed by atoms with Crippen molar-refractivity contribution in [3.05, 3.63) is 78.1 Å². The van der Waals surface area contributed by atoms with Crippen LogP contribution in [0.15, 0.2) is 66.7 Å². The van der Waals surface area contributed by atoms with Crippen LogP contribution in [-0.2, 0) is 11.2 Å². The van der Waals surface area contributed by atoms with Gasteiger partial charge in [0.2, 0.25) is 0 Å². The van der Waals surface area contributed by atoms with Gasteiger partial charge in [-0.05, 0) is 35.0 Å². The predicted molar refractivity (Wildman–Crippen MR) is 103 cm³/mol. The van der Waals surface area contributed by atoms with E-state index in [1.807, 2.05) is 54.6 Å². The van der Waals surface area contributed by atoms with Crippen LogP contribution in [0.25, 0.3) is 21.8 Å². The molecule has 0 bridgehead atoms. The molecule has 0 saturated heterocycles. The zero-order valence-corrected chi connectivity index (χ0v) is 14.3. The van der Waals surface area contributed by atoms with Crippen molar-refractivity contribution in [2.75, 3.05) is 0 Å². The number of para-hydroxylation sites is 2. The summed E-state index contributed by atoms with van der Waals surface area (Å²) >= 11 is 0. The van der Waals surface area contributed by atoms with Crippen LogP contribution < -0.4 is 5.32 Å². The molecule has 6 heteroatoms. The second kappa shape index (κ2) is 6.92. The molecule has 0 radical (unpaired) electrons. The zero-order valence-electron chi connectivity index (χ0n) is 14.3. The number of benzene rings is 3. The molecule has 1 amide bonds. The van der Waals surface area contributed by atoms with E-state index < -0.39 is 17.9 Å². The Kier molecular flexibility index (Phi) is 4.30. The third-order valence-electron chi connectivity index (χ3n) is 4.45. The van der Waals surface area contributed by atoms with Crippen molar-refractivity contribution in [2.24, 2.45) is 0 Å². The number of nitrogens with one attached hydrogen (secondary N) is 2. The minimum absolute atomic E-state index is 0.0728. The largest absolute Gasteiger partial charge is 0.480 e. The number of imidazole rings is 1. The number of amides is 1. The lowest BCUT2D eigenvalue weighted by Gasteiger charge is -2.13. The summed E-state index contributed by atoms with van der Waals surface area (Å²) in [7, 11) is 0.